The van der Waals surface area contributed by atoms with Crippen LogP contribution in [0, 0.1) is 0 Å². The summed E-state index contributed by atoms with van der Waals surface area (Å²) in [6, 6.07) is 6.87. The van der Waals surface area contributed by atoms with Crippen LogP contribution in [-0.2, 0) is 4.79 Å². The predicted octanol–water partition coefficient (Wildman–Crippen LogP) is 2.99. The molecule has 2 amide bonds. The maximum absolute atomic E-state index is 12.6. The lowest BCUT2D eigenvalue weighted by molar-refractivity contribution is -0.129. The molecule has 0 bridgehead atoms. The van der Waals surface area contributed by atoms with Gasteiger partial charge in [-0.3, -0.25) is 14.5 Å². The highest BCUT2D eigenvalue weighted by atomic mass is 35.5. The number of nitrogens with zero attached hydrogens (tertiary/aromatic N) is 4. The molecule has 1 unspecified atom stereocenters. The third kappa shape index (κ3) is 5.34. The van der Waals surface area contributed by atoms with E-state index in [1.807, 2.05) is 11.0 Å². The Morgan fingerprint density at radius 3 is 2.48 bits per heavy atom. The Morgan fingerprint density at radius 2 is 1.77 bits per heavy atom. The minimum atomic E-state index is -0.340. The zero-order valence-electron chi connectivity index (χ0n) is 17.1. The van der Waals surface area contributed by atoms with Crippen molar-refractivity contribution < 1.29 is 9.59 Å². The van der Waals surface area contributed by atoms with Gasteiger partial charge < -0.3 is 10.2 Å². The molecule has 3 heterocycles. The smallest absolute Gasteiger partial charge is 0.251 e. The Morgan fingerprint density at radius 1 is 1.03 bits per heavy atom. The van der Waals surface area contributed by atoms with E-state index in [0.717, 1.165) is 38.2 Å². The summed E-state index contributed by atoms with van der Waals surface area (Å²) in [6.07, 6.45) is 6.63. The van der Waals surface area contributed by atoms with Crippen molar-refractivity contribution >= 4 is 35.0 Å². The summed E-state index contributed by atoms with van der Waals surface area (Å²) in [5, 5.41) is 3.38. The van der Waals surface area contributed by atoms with Crippen LogP contribution in [0.2, 0.25) is 10.0 Å². The quantitative estimate of drug-likeness (QED) is 0.740. The van der Waals surface area contributed by atoms with E-state index >= 15 is 0 Å². The number of hydrogen-bond donors (Lipinski definition) is 1. The lowest BCUT2D eigenvalue weighted by atomic mass is 9.94. The fraction of sp³-hybridized carbons (Fsp3) is 0.455. The van der Waals surface area contributed by atoms with Crippen LogP contribution in [0.5, 0.6) is 0 Å². The molecule has 0 spiro atoms. The van der Waals surface area contributed by atoms with Crippen molar-refractivity contribution in [2.45, 2.75) is 31.2 Å². The maximum Gasteiger partial charge on any atom is 0.251 e. The van der Waals surface area contributed by atoms with E-state index in [0.29, 0.717) is 40.7 Å². The fourth-order valence-electron chi connectivity index (χ4n) is 4.32. The molecule has 2 aromatic rings. The first-order chi connectivity index (χ1) is 15.0. The number of aromatic nitrogens is 2. The number of hydrogen-bond acceptors (Lipinski definition) is 5. The SMILES string of the molecule is O=C(NCC(=O)N1CCC(N2CCC(c3ncccn3)CC2)C1)c1ccc(Cl)c(Cl)c1. The molecule has 1 atom stereocenters. The zero-order chi connectivity index (χ0) is 21.8. The molecule has 0 aliphatic carbocycles. The van der Waals surface area contributed by atoms with Crippen molar-refractivity contribution in [2.75, 3.05) is 32.7 Å². The monoisotopic (exact) mass is 461 g/mol. The Hall–Kier alpha value is -2.22. The van der Waals surface area contributed by atoms with E-state index in [1.54, 1.807) is 24.5 Å². The molecule has 9 heteroatoms. The molecule has 2 saturated heterocycles. The number of piperidine rings is 1. The van der Waals surface area contributed by atoms with Crippen LogP contribution in [0.4, 0.5) is 0 Å². The molecule has 1 N–H and O–H groups in total. The van der Waals surface area contributed by atoms with Gasteiger partial charge in [-0.05, 0) is 56.6 Å². The summed E-state index contributed by atoms with van der Waals surface area (Å²) in [6.45, 7) is 3.37. The topological polar surface area (TPSA) is 78.4 Å². The molecule has 1 aromatic carbocycles. The summed E-state index contributed by atoms with van der Waals surface area (Å²) in [5.41, 5.74) is 0.381. The standard InChI is InChI=1S/C22H25Cl2N5O2/c23-18-3-2-16(12-19(18)24)22(31)27-13-20(30)29-11-6-17(14-29)28-9-4-15(5-10-28)21-25-7-1-8-26-21/h1-3,7-8,12,15,17H,4-6,9-11,13-14H2,(H,27,31). The van der Waals surface area contributed by atoms with Crippen LogP contribution in [0.25, 0.3) is 0 Å². The molecule has 7 nitrogen and oxygen atoms in total. The first-order valence-corrected chi connectivity index (χ1v) is 11.3. The van der Waals surface area contributed by atoms with Crippen molar-refractivity contribution in [3.8, 4) is 0 Å². The molecule has 0 saturated carbocycles. The lowest BCUT2D eigenvalue weighted by Gasteiger charge is -2.35. The molecule has 4 rings (SSSR count). The number of carbonyl (C=O) groups excluding carboxylic acids is 2. The van der Waals surface area contributed by atoms with Gasteiger partial charge in [-0.2, -0.15) is 0 Å². The number of likely N-dealkylation sites (tertiary alicyclic amines) is 2. The third-order valence-electron chi connectivity index (χ3n) is 6.09. The molecule has 2 aliphatic heterocycles. The largest absolute Gasteiger partial charge is 0.343 e. The Balaban J connectivity index is 1.23. The van der Waals surface area contributed by atoms with Gasteiger partial charge in [0.2, 0.25) is 5.91 Å². The highest BCUT2D eigenvalue weighted by Crippen LogP contribution is 2.28. The van der Waals surface area contributed by atoms with Crippen molar-refractivity contribution in [2.24, 2.45) is 0 Å². The molecular weight excluding hydrogens is 437 g/mol. The van der Waals surface area contributed by atoms with Gasteiger partial charge in [0, 0.05) is 43.0 Å². The molecule has 31 heavy (non-hydrogen) atoms. The summed E-state index contributed by atoms with van der Waals surface area (Å²) in [5.74, 6) is 0.938. The van der Waals surface area contributed by atoms with E-state index in [2.05, 4.69) is 20.2 Å². The van der Waals surface area contributed by atoms with Gasteiger partial charge in [-0.1, -0.05) is 23.2 Å². The average Bonchev–Trinajstić information content (AvgIpc) is 3.30. The van der Waals surface area contributed by atoms with Crippen molar-refractivity contribution in [3.63, 3.8) is 0 Å². The minimum absolute atomic E-state index is 0.0286. The average molecular weight is 462 g/mol. The number of nitrogens with one attached hydrogen (secondary N) is 1. The van der Waals surface area contributed by atoms with E-state index in [-0.39, 0.29) is 18.4 Å². The molecule has 2 fully saturated rings. The van der Waals surface area contributed by atoms with Gasteiger partial charge in [-0.25, -0.2) is 9.97 Å². The second-order valence-electron chi connectivity index (χ2n) is 8.01. The zero-order valence-corrected chi connectivity index (χ0v) is 18.6. The number of carbonyl (C=O) groups is 2. The van der Waals surface area contributed by atoms with Crippen LogP contribution < -0.4 is 5.32 Å². The lowest BCUT2D eigenvalue weighted by Crippen LogP contribution is -2.44. The minimum Gasteiger partial charge on any atom is -0.343 e. The van der Waals surface area contributed by atoms with Crippen LogP contribution >= 0.6 is 23.2 Å². The fourth-order valence-corrected chi connectivity index (χ4v) is 4.62. The Labute approximate surface area is 191 Å². The van der Waals surface area contributed by atoms with Crippen LogP contribution in [0.3, 0.4) is 0 Å². The first-order valence-electron chi connectivity index (χ1n) is 10.5. The van der Waals surface area contributed by atoms with Crippen molar-refractivity contribution in [1.29, 1.82) is 0 Å². The number of halogens is 2. The van der Waals surface area contributed by atoms with E-state index in [9.17, 15) is 9.59 Å². The van der Waals surface area contributed by atoms with Crippen molar-refractivity contribution in [1.82, 2.24) is 25.1 Å². The van der Waals surface area contributed by atoms with Gasteiger partial charge in [0.05, 0.1) is 16.6 Å². The summed E-state index contributed by atoms with van der Waals surface area (Å²) >= 11 is 11.8. The third-order valence-corrected chi connectivity index (χ3v) is 6.83. The molecular formula is C22H25Cl2N5O2. The molecule has 2 aliphatic rings. The first kappa shape index (κ1) is 22.0. The van der Waals surface area contributed by atoms with Gasteiger partial charge in [0.1, 0.15) is 5.82 Å². The number of rotatable bonds is 5. The van der Waals surface area contributed by atoms with Crippen LogP contribution in [0.15, 0.2) is 36.7 Å². The summed E-state index contributed by atoms with van der Waals surface area (Å²) in [7, 11) is 0. The second kappa shape index (κ2) is 9.94. The second-order valence-corrected chi connectivity index (χ2v) is 8.83. The molecule has 1 aromatic heterocycles. The maximum atomic E-state index is 12.6. The van der Waals surface area contributed by atoms with Gasteiger partial charge in [0.15, 0.2) is 0 Å². The Kier molecular flexibility index (Phi) is 7.05. The number of benzene rings is 1. The highest BCUT2D eigenvalue weighted by Gasteiger charge is 2.33. The van der Waals surface area contributed by atoms with Crippen molar-refractivity contribution in [3.05, 3.63) is 58.1 Å². The predicted molar refractivity (Wildman–Crippen MR) is 119 cm³/mol. The van der Waals surface area contributed by atoms with Gasteiger partial charge >= 0.3 is 0 Å². The summed E-state index contributed by atoms with van der Waals surface area (Å²) < 4.78 is 0. The number of amides is 2. The molecule has 0 radical (unpaired) electrons. The van der Waals surface area contributed by atoms with E-state index in [1.165, 1.54) is 6.07 Å². The summed E-state index contributed by atoms with van der Waals surface area (Å²) in [4.78, 5) is 38.0. The normalized spacial score (nSPS) is 20.1. The van der Waals surface area contributed by atoms with Gasteiger partial charge in [0.25, 0.3) is 5.91 Å². The molecule has 164 valence electrons. The van der Waals surface area contributed by atoms with Crippen LogP contribution in [-0.4, -0.2) is 70.3 Å². The van der Waals surface area contributed by atoms with Gasteiger partial charge in [-0.15, -0.1) is 0 Å². The highest BCUT2D eigenvalue weighted by molar-refractivity contribution is 6.42. The van der Waals surface area contributed by atoms with E-state index in [4.69, 9.17) is 23.2 Å². The van der Waals surface area contributed by atoms with E-state index < -0.39 is 0 Å². The Bertz CT molecular complexity index is 935. The van der Waals surface area contributed by atoms with Crippen LogP contribution in [0.1, 0.15) is 41.4 Å².